The van der Waals surface area contributed by atoms with Crippen LogP contribution in [0, 0.1) is 6.92 Å². The molecule has 1 aromatic rings. The summed E-state index contributed by atoms with van der Waals surface area (Å²) in [6.07, 6.45) is 1.50. The Hall–Kier alpha value is -1.56. The van der Waals surface area contributed by atoms with Gasteiger partial charge in [-0.3, -0.25) is 4.90 Å². The molecule has 0 bridgehead atoms. The number of ether oxygens (including phenoxy) is 1. The lowest BCUT2D eigenvalue weighted by Gasteiger charge is -2.43. The molecule has 1 fully saturated rings. The molecule has 2 rings (SSSR count). The third-order valence-corrected chi connectivity index (χ3v) is 3.74. The van der Waals surface area contributed by atoms with Gasteiger partial charge in [0, 0.05) is 25.2 Å². The Morgan fingerprint density at radius 1 is 1.36 bits per heavy atom. The van der Waals surface area contributed by atoms with E-state index in [2.05, 4.69) is 23.7 Å². The average Bonchev–Trinajstić information content (AvgIpc) is 2.77. The molecule has 0 spiro atoms. The van der Waals surface area contributed by atoms with Crippen LogP contribution in [0.2, 0.25) is 0 Å². The summed E-state index contributed by atoms with van der Waals surface area (Å²) in [5.74, 6) is 1.55. The minimum Gasteiger partial charge on any atom is -0.445 e. The molecule has 0 unspecified atom stereocenters. The van der Waals surface area contributed by atoms with Gasteiger partial charge in [-0.2, -0.15) is 0 Å². The lowest BCUT2D eigenvalue weighted by Crippen LogP contribution is -2.58. The predicted octanol–water partition coefficient (Wildman–Crippen LogP) is 2.81. The van der Waals surface area contributed by atoms with Gasteiger partial charge in [0.05, 0.1) is 12.7 Å². The van der Waals surface area contributed by atoms with Crippen LogP contribution in [0.5, 0.6) is 0 Å². The maximum atomic E-state index is 12.2. The van der Waals surface area contributed by atoms with Crippen LogP contribution >= 0.6 is 0 Å². The number of nitrogens with zero attached hydrogens (tertiary/aromatic N) is 3. The van der Waals surface area contributed by atoms with Gasteiger partial charge in [0.25, 0.3) is 0 Å². The Bertz CT molecular complexity index is 509. The molecule has 6 nitrogen and oxygen atoms in total. The highest BCUT2D eigenvalue weighted by Gasteiger charge is 2.34. The van der Waals surface area contributed by atoms with Crippen LogP contribution in [0.1, 0.15) is 46.3 Å². The van der Waals surface area contributed by atoms with Crippen LogP contribution in [-0.4, -0.2) is 51.7 Å². The molecular weight excluding hydrogens is 282 g/mol. The standard InChI is InChI=1S/C16H27N3O3/c1-11-8-18(15(20)22-16(4,5)6)9-12(2)19(11)10-14-17-7-13(3)21-14/h7,11-12H,8-10H2,1-6H3/t11-,12-/m1/s1. The van der Waals surface area contributed by atoms with Gasteiger partial charge in [0.1, 0.15) is 11.4 Å². The van der Waals surface area contributed by atoms with Crippen LogP contribution in [0.3, 0.4) is 0 Å². The van der Waals surface area contributed by atoms with Crippen molar-refractivity contribution in [1.82, 2.24) is 14.8 Å². The number of hydrogen-bond donors (Lipinski definition) is 0. The van der Waals surface area contributed by atoms with Gasteiger partial charge < -0.3 is 14.1 Å². The molecule has 6 heteroatoms. The Morgan fingerprint density at radius 2 is 1.95 bits per heavy atom. The SMILES string of the molecule is Cc1cnc(CN2[C@H](C)CN(C(=O)OC(C)(C)C)C[C@H]2C)o1. The maximum Gasteiger partial charge on any atom is 0.410 e. The Kier molecular flexibility index (Phi) is 4.80. The third-order valence-electron chi connectivity index (χ3n) is 3.74. The number of oxazole rings is 1. The molecule has 1 saturated heterocycles. The highest BCUT2D eigenvalue weighted by molar-refractivity contribution is 5.68. The number of hydrogen-bond acceptors (Lipinski definition) is 5. The first kappa shape index (κ1) is 16.8. The van der Waals surface area contributed by atoms with Crippen molar-refractivity contribution >= 4 is 6.09 Å². The molecule has 0 saturated carbocycles. The zero-order valence-electron chi connectivity index (χ0n) is 14.4. The number of aryl methyl sites for hydroxylation is 1. The van der Waals surface area contributed by atoms with Gasteiger partial charge >= 0.3 is 6.09 Å². The van der Waals surface area contributed by atoms with Crippen LogP contribution in [-0.2, 0) is 11.3 Å². The van der Waals surface area contributed by atoms with E-state index in [1.165, 1.54) is 0 Å². The highest BCUT2D eigenvalue weighted by atomic mass is 16.6. The van der Waals surface area contributed by atoms with Gasteiger partial charge in [-0.1, -0.05) is 0 Å². The number of aromatic nitrogens is 1. The van der Waals surface area contributed by atoms with Gasteiger partial charge in [-0.05, 0) is 41.5 Å². The third kappa shape index (κ3) is 4.22. The molecule has 0 N–H and O–H groups in total. The zero-order chi connectivity index (χ0) is 16.5. The van der Waals surface area contributed by atoms with E-state index in [4.69, 9.17) is 9.15 Å². The van der Waals surface area contributed by atoms with E-state index >= 15 is 0 Å². The molecular formula is C16H27N3O3. The summed E-state index contributed by atoms with van der Waals surface area (Å²) in [6, 6.07) is 0.451. The smallest absolute Gasteiger partial charge is 0.410 e. The zero-order valence-corrected chi connectivity index (χ0v) is 14.4. The first-order valence-corrected chi connectivity index (χ1v) is 7.80. The van der Waals surface area contributed by atoms with E-state index in [1.807, 2.05) is 27.7 Å². The Balaban J connectivity index is 1.98. The minimum absolute atomic E-state index is 0.225. The van der Waals surface area contributed by atoms with Crippen molar-refractivity contribution < 1.29 is 13.9 Å². The van der Waals surface area contributed by atoms with Gasteiger partial charge in [0.15, 0.2) is 0 Å². The number of rotatable bonds is 2. The molecule has 0 radical (unpaired) electrons. The quantitative estimate of drug-likeness (QED) is 0.841. The largest absolute Gasteiger partial charge is 0.445 e. The first-order chi connectivity index (χ1) is 10.2. The fraction of sp³-hybridized carbons (Fsp3) is 0.750. The lowest BCUT2D eigenvalue weighted by molar-refractivity contribution is -0.0116. The molecule has 0 aliphatic carbocycles. The van der Waals surface area contributed by atoms with E-state index in [0.717, 1.165) is 11.7 Å². The molecule has 124 valence electrons. The summed E-state index contributed by atoms with van der Waals surface area (Å²) in [5.41, 5.74) is -0.462. The van der Waals surface area contributed by atoms with Crippen molar-refractivity contribution in [1.29, 1.82) is 0 Å². The fourth-order valence-electron chi connectivity index (χ4n) is 2.77. The summed E-state index contributed by atoms with van der Waals surface area (Å²) < 4.78 is 11.0. The second-order valence-corrected chi connectivity index (χ2v) is 7.12. The van der Waals surface area contributed by atoms with Crippen molar-refractivity contribution in [3.8, 4) is 0 Å². The summed E-state index contributed by atoms with van der Waals surface area (Å²) in [4.78, 5) is 20.6. The van der Waals surface area contributed by atoms with Gasteiger partial charge in [-0.25, -0.2) is 9.78 Å². The first-order valence-electron chi connectivity index (χ1n) is 7.80. The summed E-state index contributed by atoms with van der Waals surface area (Å²) >= 11 is 0. The monoisotopic (exact) mass is 309 g/mol. The second-order valence-electron chi connectivity index (χ2n) is 7.12. The summed E-state index contributed by atoms with van der Waals surface area (Å²) in [6.45, 7) is 13.8. The summed E-state index contributed by atoms with van der Waals surface area (Å²) in [5, 5.41) is 0. The van der Waals surface area contributed by atoms with Crippen LogP contribution in [0.4, 0.5) is 4.79 Å². The molecule has 1 aliphatic rings. The van der Waals surface area contributed by atoms with E-state index in [1.54, 1.807) is 11.1 Å². The molecule has 1 amide bonds. The van der Waals surface area contributed by atoms with E-state index in [-0.39, 0.29) is 18.2 Å². The molecule has 1 aliphatic heterocycles. The van der Waals surface area contributed by atoms with E-state index in [9.17, 15) is 4.79 Å². The minimum atomic E-state index is -0.462. The predicted molar refractivity (Wildman–Crippen MR) is 83.5 cm³/mol. The molecule has 22 heavy (non-hydrogen) atoms. The van der Waals surface area contributed by atoms with Crippen molar-refractivity contribution in [2.75, 3.05) is 13.1 Å². The Morgan fingerprint density at radius 3 is 2.41 bits per heavy atom. The lowest BCUT2D eigenvalue weighted by atomic mass is 10.1. The molecule has 2 heterocycles. The molecule has 2 atom stereocenters. The van der Waals surface area contributed by atoms with Crippen LogP contribution < -0.4 is 0 Å². The molecule has 1 aromatic heterocycles. The van der Waals surface area contributed by atoms with Crippen molar-refractivity contribution in [3.05, 3.63) is 17.8 Å². The van der Waals surface area contributed by atoms with Crippen molar-refractivity contribution in [3.63, 3.8) is 0 Å². The summed E-state index contributed by atoms with van der Waals surface area (Å²) in [7, 11) is 0. The average molecular weight is 309 g/mol. The van der Waals surface area contributed by atoms with E-state index < -0.39 is 5.60 Å². The number of carbonyl (C=O) groups is 1. The van der Waals surface area contributed by atoms with Crippen LogP contribution in [0.25, 0.3) is 0 Å². The van der Waals surface area contributed by atoms with Crippen molar-refractivity contribution in [2.45, 2.75) is 65.8 Å². The molecule has 0 aromatic carbocycles. The number of carbonyl (C=O) groups excluding carboxylic acids is 1. The maximum absolute atomic E-state index is 12.2. The Labute approximate surface area is 132 Å². The van der Waals surface area contributed by atoms with Gasteiger partial charge in [-0.15, -0.1) is 0 Å². The number of piperazine rings is 1. The normalized spacial score (nSPS) is 23.6. The van der Waals surface area contributed by atoms with Gasteiger partial charge in [0.2, 0.25) is 5.89 Å². The topological polar surface area (TPSA) is 58.8 Å². The highest BCUT2D eigenvalue weighted by Crippen LogP contribution is 2.21. The second kappa shape index (κ2) is 6.28. The van der Waals surface area contributed by atoms with Crippen LogP contribution in [0.15, 0.2) is 10.6 Å². The number of amides is 1. The fourth-order valence-corrected chi connectivity index (χ4v) is 2.77. The van der Waals surface area contributed by atoms with Crippen molar-refractivity contribution in [2.24, 2.45) is 0 Å². The van der Waals surface area contributed by atoms with E-state index in [0.29, 0.717) is 19.6 Å².